The number of hydrogen-bond donors (Lipinski definition) is 1. The molecule has 4 rings (SSSR count). The van der Waals surface area contributed by atoms with Gasteiger partial charge >= 0.3 is 0 Å². The molecular weight excluding hydrogens is 400 g/mol. The average molecular weight is 433 g/mol. The van der Waals surface area contributed by atoms with Gasteiger partial charge in [-0.2, -0.15) is 0 Å². The Morgan fingerprint density at radius 3 is 2.50 bits per heavy atom. The smallest absolute Gasteiger partial charge is 0.130 e. The number of hydrogen-bond acceptors (Lipinski definition) is 7. The molecule has 1 fully saturated rings. The molecule has 0 bridgehead atoms. The molecule has 32 heavy (non-hydrogen) atoms. The first-order valence-corrected chi connectivity index (χ1v) is 11.1. The number of nitrogens with one attached hydrogen (secondary N) is 1. The molecule has 0 amide bonds. The lowest BCUT2D eigenvalue weighted by molar-refractivity contribution is 0.122. The summed E-state index contributed by atoms with van der Waals surface area (Å²) in [5.41, 5.74) is 4.49. The highest BCUT2D eigenvalue weighted by molar-refractivity contribution is 5.65. The fraction of sp³-hybridized carbons (Fsp3) is 0.400. The summed E-state index contributed by atoms with van der Waals surface area (Å²) in [5.74, 6) is 2.53. The zero-order chi connectivity index (χ0) is 22.5. The van der Waals surface area contributed by atoms with Gasteiger partial charge in [-0.25, -0.2) is 15.0 Å². The van der Waals surface area contributed by atoms with Crippen LogP contribution in [0.15, 0.2) is 48.7 Å². The van der Waals surface area contributed by atoms with Gasteiger partial charge in [-0.15, -0.1) is 0 Å². The number of likely N-dealkylation sites (N-methyl/N-ethyl adjacent to an activating group) is 1. The van der Waals surface area contributed by atoms with Crippen molar-refractivity contribution in [1.29, 1.82) is 0 Å². The first kappa shape index (κ1) is 22.2. The van der Waals surface area contributed by atoms with Gasteiger partial charge in [0.2, 0.25) is 0 Å². The van der Waals surface area contributed by atoms with E-state index in [0.717, 1.165) is 61.6 Å². The van der Waals surface area contributed by atoms with Gasteiger partial charge in [0.15, 0.2) is 0 Å². The Hall–Kier alpha value is -3.03. The summed E-state index contributed by atoms with van der Waals surface area (Å²) >= 11 is 0. The quantitative estimate of drug-likeness (QED) is 0.610. The van der Waals surface area contributed by atoms with E-state index in [1.165, 1.54) is 11.1 Å². The first-order chi connectivity index (χ1) is 15.5. The molecule has 7 heteroatoms. The number of rotatable bonds is 7. The highest BCUT2D eigenvalue weighted by Crippen LogP contribution is 2.25. The average Bonchev–Trinajstić information content (AvgIpc) is 2.80. The largest absolute Gasteiger partial charge is 0.378 e. The van der Waals surface area contributed by atoms with Crippen molar-refractivity contribution in [3.63, 3.8) is 0 Å². The van der Waals surface area contributed by atoms with Crippen LogP contribution >= 0.6 is 0 Å². The van der Waals surface area contributed by atoms with Crippen LogP contribution in [-0.2, 0) is 4.74 Å². The Morgan fingerprint density at radius 1 is 1.03 bits per heavy atom. The minimum absolute atomic E-state index is 0.239. The van der Waals surface area contributed by atoms with Crippen LogP contribution in [0, 0.1) is 13.8 Å². The molecule has 168 valence electrons. The van der Waals surface area contributed by atoms with Crippen molar-refractivity contribution in [3.8, 4) is 11.3 Å². The molecular formula is C25H32N6O. The first-order valence-electron chi connectivity index (χ1n) is 11.1. The summed E-state index contributed by atoms with van der Waals surface area (Å²) in [5, 5.41) is 3.53. The maximum atomic E-state index is 5.47. The molecule has 7 nitrogen and oxygen atoms in total. The molecule has 0 unspecified atom stereocenters. The highest BCUT2D eigenvalue weighted by atomic mass is 16.5. The van der Waals surface area contributed by atoms with Crippen LogP contribution < -0.4 is 10.2 Å². The molecule has 1 atom stereocenters. The van der Waals surface area contributed by atoms with Gasteiger partial charge in [0, 0.05) is 37.5 Å². The molecule has 1 saturated heterocycles. The molecule has 3 aromatic rings. The van der Waals surface area contributed by atoms with Gasteiger partial charge in [0.25, 0.3) is 0 Å². The summed E-state index contributed by atoms with van der Waals surface area (Å²) in [7, 11) is 4.21. The van der Waals surface area contributed by atoms with E-state index < -0.39 is 0 Å². The van der Waals surface area contributed by atoms with Gasteiger partial charge in [-0.05, 0) is 45.6 Å². The van der Waals surface area contributed by atoms with Crippen molar-refractivity contribution in [1.82, 2.24) is 19.9 Å². The van der Waals surface area contributed by atoms with Crippen LogP contribution in [0.1, 0.15) is 23.0 Å². The second-order valence-electron chi connectivity index (χ2n) is 8.46. The fourth-order valence-electron chi connectivity index (χ4n) is 3.94. The second-order valence-corrected chi connectivity index (χ2v) is 8.46. The second kappa shape index (κ2) is 10.1. The third-order valence-electron chi connectivity index (χ3n) is 5.78. The number of morpholine rings is 1. The molecule has 0 aliphatic carbocycles. The number of benzene rings is 1. The maximum Gasteiger partial charge on any atom is 0.130 e. The normalized spacial score (nSPS) is 15.1. The lowest BCUT2D eigenvalue weighted by Crippen LogP contribution is -2.36. The lowest BCUT2D eigenvalue weighted by atomic mass is 10.0. The monoisotopic (exact) mass is 432 g/mol. The molecule has 0 saturated carbocycles. The summed E-state index contributed by atoms with van der Waals surface area (Å²) in [6, 6.07) is 15.1. The van der Waals surface area contributed by atoms with Crippen molar-refractivity contribution in [2.24, 2.45) is 0 Å². The Kier molecular flexibility index (Phi) is 6.97. The molecule has 0 spiro atoms. The van der Waals surface area contributed by atoms with E-state index in [1.807, 2.05) is 25.3 Å². The fourth-order valence-corrected chi connectivity index (χ4v) is 3.94. The summed E-state index contributed by atoms with van der Waals surface area (Å²) < 4.78 is 5.47. The van der Waals surface area contributed by atoms with E-state index in [9.17, 15) is 0 Å². The Balaban J connectivity index is 1.53. The molecule has 3 heterocycles. The molecule has 0 radical (unpaired) electrons. The van der Waals surface area contributed by atoms with Crippen molar-refractivity contribution in [3.05, 3.63) is 65.6 Å². The minimum atomic E-state index is 0.239. The summed E-state index contributed by atoms with van der Waals surface area (Å²) in [6.07, 6.45) is 1.85. The highest BCUT2D eigenvalue weighted by Gasteiger charge is 2.16. The number of aryl methyl sites for hydroxylation is 2. The van der Waals surface area contributed by atoms with Crippen molar-refractivity contribution in [2.75, 3.05) is 57.2 Å². The summed E-state index contributed by atoms with van der Waals surface area (Å²) in [4.78, 5) is 18.4. The number of anilines is 2. The summed E-state index contributed by atoms with van der Waals surface area (Å²) in [6.45, 7) is 7.99. The van der Waals surface area contributed by atoms with E-state index in [2.05, 4.69) is 81.4 Å². The molecule has 1 aliphatic heterocycles. The lowest BCUT2D eigenvalue weighted by Gasteiger charge is -2.28. The van der Waals surface area contributed by atoms with E-state index in [-0.39, 0.29) is 6.04 Å². The van der Waals surface area contributed by atoms with E-state index in [0.29, 0.717) is 0 Å². The van der Waals surface area contributed by atoms with Gasteiger partial charge < -0.3 is 19.9 Å². The van der Waals surface area contributed by atoms with Gasteiger partial charge in [0.05, 0.1) is 24.9 Å². The van der Waals surface area contributed by atoms with Crippen LogP contribution in [0.2, 0.25) is 0 Å². The number of aromatic nitrogens is 3. The Bertz CT molecular complexity index is 1030. The van der Waals surface area contributed by atoms with Crippen molar-refractivity contribution < 1.29 is 4.74 Å². The van der Waals surface area contributed by atoms with E-state index >= 15 is 0 Å². The maximum absolute atomic E-state index is 5.47. The van der Waals surface area contributed by atoms with Crippen LogP contribution in [0.5, 0.6) is 0 Å². The molecule has 1 aromatic carbocycles. The van der Waals surface area contributed by atoms with E-state index in [1.54, 1.807) is 0 Å². The van der Waals surface area contributed by atoms with Crippen LogP contribution in [0.3, 0.4) is 0 Å². The standard InChI is InChI=1S/C25H32N6O/c1-18-5-7-20(8-6-18)23(30(3)4)17-27-24-16-22(28-19(2)29-24)21-9-10-26-25(15-21)31-11-13-32-14-12-31/h5-10,15-16,23H,11-14,17H2,1-4H3,(H,27,28,29)/t23-/m0/s1. The minimum Gasteiger partial charge on any atom is -0.378 e. The third-order valence-corrected chi connectivity index (χ3v) is 5.78. The van der Waals surface area contributed by atoms with Crippen LogP contribution in [0.4, 0.5) is 11.6 Å². The van der Waals surface area contributed by atoms with Gasteiger partial charge in [-0.3, -0.25) is 0 Å². The number of nitrogens with zero attached hydrogens (tertiary/aromatic N) is 5. The number of pyridine rings is 1. The van der Waals surface area contributed by atoms with Crippen LogP contribution in [0.25, 0.3) is 11.3 Å². The van der Waals surface area contributed by atoms with E-state index in [4.69, 9.17) is 4.74 Å². The molecule has 2 aromatic heterocycles. The van der Waals surface area contributed by atoms with Gasteiger partial charge in [-0.1, -0.05) is 29.8 Å². The van der Waals surface area contributed by atoms with Crippen molar-refractivity contribution >= 4 is 11.6 Å². The predicted octanol–water partition coefficient (Wildman–Crippen LogP) is 3.71. The van der Waals surface area contributed by atoms with Gasteiger partial charge in [0.1, 0.15) is 17.5 Å². The van der Waals surface area contributed by atoms with Crippen molar-refractivity contribution in [2.45, 2.75) is 19.9 Å². The predicted molar refractivity (Wildman–Crippen MR) is 129 cm³/mol. The third kappa shape index (κ3) is 5.41. The zero-order valence-electron chi connectivity index (χ0n) is 19.4. The van der Waals surface area contributed by atoms with Crippen LogP contribution in [-0.4, -0.2) is 66.8 Å². The Morgan fingerprint density at radius 2 is 1.78 bits per heavy atom. The Labute approximate surface area is 190 Å². The topological polar surface area (TPSA) is 66.4 Å². The number of ether oxygens (including phenoxy) is 1. The zero-order valence-corrected chi connectivity index (χ0v) is 19.4. The molecule has 1 aliphatic rings. The SMILES string of the molecule is Cc1ccc([C@H](CNc2cc(-c3ccnc(N4CCOCC4)c3)nc(C)n2)N(C)C)cc1. The molecule has 1 N–H and O–H groups in total.